The molecule has 0 amide bonds. The van der Waals surface area contributed by atoms with Crippen LogP contribution < -0.4 is 4.74 Å². The van der Waals surface area contributed by atoms with E-state index in [-0.39, 0.29) is 0 Å². The van der Waals surface area contributed by atoms with Crippen LogP contribution in [-0.2, 0) is 6.61 Å². The van der Waals surface area contributed by atoms with Gasteiger partial charge in [0.1, 0.15) is 24.1 Å². The van der Waals surface area contributed by atoms with Gasteiger partial charge in [-0.3, -0.25) is 0 Å². The molecule has 0 unspecified atom stereocenters. The molecule has 0 aliphatic heterocycles. The monoisotopic (exact) mass is 306 g/mol. The van der Waals surface area contributed by atoms with E-state index >= 15 is 0 Å². The summed E-state index contributed by atoms with van der Waals surface area (Å²) in [4.78, 5) is 8.23. The second kappa shape index (κ2) is 5.57. The number of furan rings is 1. The molecule has 1 aromatic carbocycles. The Balaban J connectivity index is 1.57. The third-order valence-electron chi connectivity index (χ3n) is 3.51. The highest BCUT2D eigenvalue weighted by atomic mass is 16.5. The van der Waals surface area contributed by atoms with Crippen molar-refractivity contribution >= 4 is 11.1 Å². The molecule has 23 heavy (non-hydrogen) atoms. The molecule has 4 aromatic rings. The van der Waals surface area contributed by atoms with Gasteiger partial charge >= 0.3 is 0 Å². The van der Waals surface area contributed by atoms with Crippen molar-refractivity contribution in [3.8, 4) is 11.6 Å². The molecule has 0 N–H and O–H groups in total. The molecule has 0 spiro atoms. The molecule has 4 rings (SSSR count). The van der Waals surface area contributed by atoms with Crippen molar-refractivity contribution in [2.75, 3.05) is 0 Å². The van der Waals surface area contributed by atoms with Crippen LogP contribution in [0.3, 0.4) is 0 Å². The van der Waals surface area contributed by atoms with Crippen molar-refractivity contribution in [1.82, 2.24) is 19.7 Å². The summed E-state index contributed by atoms with van der Waals surface area (Å²) >= 11 is 0. The summed E-state index contributed by atoms with van der Waals surface area (Å²) in [6.07, 6.45) is 3.03. The lowest BCUT2D eigenvalue weighted by atomic mass is 10.3. The summed E-state index contributed by atoms with van der Waals surface area (Å²) < 4.78 is 13.0. The Bertz CT molecular complexity index is 944. The van der Waals surface area contributed by atoms with E-state index in [2.05, 4.69) is 15.1 Å². The number of aryl methyl sites for hydroxylation is 1. The van der Waals surface area contributed by atoms with Gasteiger partial charge in [0.15, 0.2) is 0 Å². The third-order valence-corrected chi connectivity index (χ3v) is 3.51. The first-order valence-corrected chi connectivity index (χ1v) is 7.23. The van der Waals surface area contributed by atoms with E-state index in [0.29, 0.717) is 18.1 Å². The molecular formula is C17H14N4O2. The highest BCUT2D eigenvalue weighted by molar-refractivity contribution is 5.76. The molecule has 0 fully saturated rings. The molecule has 0 aliphatic rings. The van der Waals surface area contributed by atoms with Gasteiger partial charge < -0.3 is 9.15 Å². The number of benzene rings is 1. The van der Waals surface area contributed by atoms with Crippen LogP contribution in [-0.4, -0.2) is 19.7 Å². The van der Waals surface area contributed by atoms with Gasteiger partial charge in [-0.2, -0.15) is 10.1 Å². The van der Waals surface area contributed by atoms with E-state index in [0.717, 1.165) is 22.6 Å². The van der Waals surface area contributed by atoms with Crippen LogP contribution in [0.15, 0.2) is 59.5 Å². The Morgan fingerprint density at radius 1 is 1.13 bits per heavy atom. The fourth-order valence-electron chi connectivity index (χ4n) is 2.45. The van der Waals surface area contributed by atoms with Crippen LogP contribution in [0.25, 0.3) is 16.8 Å². The lowest BCUT2D eigenvalue weighted by molar-refractivity contribution is 0.287. The molecule has 3 aromatic heterocycles. The summed E-state index contributed by atoms with van der Waals surface area (Å²) in [7, 11) is 0. The van der Waals surface area contributed by atoms with Crippen molar-refractivity contribution < 1.29 is 9.15 Å². The first-order valence-electron chi connectivity index (χ1n) is 7.23. The predicted molar refractivity (Wildman–Crippen MR) is 84.4 cm³/mol. The van der Waals surface area contributed by atoms with Crippen molar-refractivity contribution in [2.45, 2.75) is 13.5 Å². The van der Waals surface area contributed by atoms with E-state index < -0.39 is 0 Å². The van der Waals surface area contributed by atoms with Crippen LogP contribution >= 0.6 is 0 Å². The highest BCUT2D eigenvalue weighted by Gasteiger charge is 2.11. The summed E-state index contributed by atoms with van der Waals surface area (Å²) in [6.45, 7) is 2.33. The molecule has 3 heterocycles. The Hall–Kier alpha value is -3.15. The van der Waals surface area contributed by atoms with E-state index in [9.17, 15) is 0 Å². The number of nitrogens with zero attached hydrogens (tertiary/aromatic N) is 4. The number of hydrogen-bond donors (Lipinski definition) is 0. The van der Waals surface area contributed by atoms with Crippen molar-refractivity contribution in [3.05, 3.63) is 66.4 Å². The topological polar surface area (TPSA) is 66.0 Å². The molecule has 0 saturated heterocycles. The van der Waals surface area contributed by atoms with E-state index in [4.69, 9.17) is 9.15 Å². The fourth-order valence-corrected chi connectivity index (χ4v) is 2.45. The van der Waals surface area contributed by atoms with Gasteiger partial charge in [-0.25, -0.2) is 9.67 Å². The number of para-hydroxylation sites is 1. The van der Waals surface area contributed by atoms with Gasteiger partial charge in [0, 0.05) is 11.8 Å². The Morgan fingerprint density at radius 3 is 2.87 bits per heavy atom. The molecule has 0 saturated carbocycles. The van der Waals surface area contributed by atoms with Gasteiger partial charge in [0.2, 0.25) is 5.58 Å². The maximum Gasteiger partial charge on any atom is 0.261 e. The molecule has 0 atom stereocenters. The Morgan fingerprint density at radius 2 is 2.00 bits per heavy atom. The quantitative estimate of drug-likeness (QED) is 0.579. The smallest absolute Gasteiger partial charge is 0.261 e. The zero-order valence-corrected chi connectivity index (χ0v) is 12.5. The maximum atomic E-state index is 5.75. The van der Waals surface area contributed by atoms with Crippen molar-refractivity contribution in [2.24, 2.45) is 0 Å². The summed E-state index contributed by atoms with van der Waals surface area (Å²) in [5, 5.41) is 4.58. The number of hydrogen-bond acceptors (Lipinski definition) is 5. The minimum atomic E-state index is 0.313. The third kappa shape index (κ3) is 2.55. The molecule has 0 radical (unpaired) electrons. The standard InChI is InChI=1S/C17H14N4O2/c1-12-9-13(20-21(12)14-5-3-2-4-6-14)10-23-17-16-15(7-8-22-16)18-11-19-17/h2-9,11H,10H2,1H3. The lowest BCUT2D eigenvalue weighted by Gasteiger charge is -2.04. The second-order valence-corrected chi connectivity index (χ2v) is 5.13. The van der Waals surface area contributed by atoms with Gasteiger partial charge in [0.05, 0.1) is 12.0 Å². The molecule has 6 nitrogen and oxygen atoms in total. The SMILES string of the molecule is Cc1cc(COc2ncnc3ccoc23)nn1-c1ccccc1. The second-order valence-electron chi connectivity index (χ2n) is 5.13. The predicted octanol–water partition coefficient (Wildman–Crippen LogP) is 3.30. The van der Waals surface area contributed by atoms with Crippen LogP contribution in [0.5, 0.6) is 5.88 Å². The van der Waals surface area contributed by atoms with Gasteiger partial charge in [0.25, 0.3) is 5.88 Å². The number of fused-ring (bicyclic) bond motifs is 1. The van der Waals surface area contributed by atoms with Crippen molar-refractivity contribution in [3.63, 3.8) is 0 Å². The number of aromatic nitrogens is 4. The molecule has 6 heteroatoms. The number of rotatable bonds is 4. The van der Waals surface area contributed by atoms with E-state index in [1.54, 1.807) is 12.3 Å². The summed E-state index contributed by atoms with van der Waals surface area (Å²) in [5.41, 5.74) is 4.16. The van der Waals surface area contributed by atoms with Gasteiger partial charge in [-0.1, -0.05) is 18.2 Å². The van der Waals surface area contributed by atoms with E-state index in [1.807, 2.05) is 48.0 Å². The van der Waals surface area contributed by atoms with Crippen LogP contribution in [0, 0.1) is 6.92 Å². The molecular weight excluding hydrogens is 292 g/mol. The van der Waals surface area contributed by atoms with Crippen LogP contribution in [0.1, 0.15) is 11.4 Å². The summed E-state index contributed by atoms with van der Waals surface area (Å²) in [6, 6.07) is 13.8. The minimum absolute atomic E-state index is 0.313. The lowest BCUT2D eigenvalue weighted by Crippen LogP contribution is -2.01. The molecule has 0 bridgehead atoms. The number of ether oxygens (including phenoxy) is 1. The average Bonchev–Trinajstić information content (AvgIpc) is 3.20. The van der Waals surface area contributed by atoms with Crippen LogP contribution in [0.4, 0.5) is 0 Å². The normalized spacial score (nSPS) is 11.0. The Kier molecular flexibility index (Phi) is 3.27. The average molecular weight is 306 g/mol. The zero-order valence-electron chi connectivity index (χ0n) is 12.5. The summed E-state index contributed by atoms with van der Waals surface area (Å²) in [5.74, 6) is 0.423. The molecule has 114 valence electrons. The van der Waals surface area contributed by atoms with Crippen molar-refractivity contribution in [1.29, 1.82) is 0 Å². The van der Waals surface area contributed by atoms with E-state index in [1.165, 1.54) is 6.33 Å². The fraction of sp³-hybridized carbons (Fsp3) is 0.118. The first kappa shape index (κ1) is 13.5. The maximum absolute atomic E-state index is 5.75. The zero-order chi connectivity index (χ0) is 15.6. The minimum Gasteiger partial charge on any atom is -0.468 e. The molecule has 0 aliphatic carbocycles. The highest BCUT2D eigenvalue weighted by Crippen LogP contribution is 2.22. The largest absolute Gasteiger partial charge is 0.468 e. The first-order chi connectivity index (χ1) is 11.3. The van der Waals surface area contributed by atoms with Gasteiger partial charge in [-0.15, -0.1) is 0 Å². The van der Waals surface area contributed by atoms with Gasteiger partial charge in [-0.05, 0) is 25.1 Å². The van der Waals surface area contributed by atoms with Crippen LogP contribution in [0.2, 0.25) is 0 Å². The Labute approximate surface area is 132 Å².